The molecule has 0 saturated carbocycles. The molecule has 0 bridgehead atoms. The molecule has 4 heteroatoms. The van der Waals surface area contributed by atoms with Crippen LogP contribution in [0.1, 0.15) is 22.5 Å². The zero-order chi connectivity index (χ0) is 12.1. The maximum Gasteiger partial charge on any atom is 0.121 e. The molecular weight excluding hydrogens is 214 g/mol. The zero-order valence-electron chi connectivity index (χ0n) is 10.2. The van der Waals surface area contributed by atoms with E-state index in [0.29, 0.717) is 6.54 Å². The lowest BCUT2D eigenvalue weighted by atomic mass is 10.1. The molecule has 0 atom stereocenters. The van der Waals surface area contributed by atoms with Gasteiger partial charge in [-0.3, -0.25) is 0 Å². The van der Waals surface area contributed by atoms with Crippen LogP contribution >= 0.6 is 0 Å². The third-order valence-electron chi connectivity index (χ3n) is 2.87. The highest BCUT2D eigenvalue weighted by Gasteiger charge is 2.03. The molecule has 0 unspecified atom stereocenters. The maximum atomic E-state index is 4.64. The van der Waals surface area contributed by atoms with Gasteiger partial charge in [-0.1, -0.05) is 34.6 Å². The summed E-state index contributed by atoms with van der Waals surface area (Å²) in [6, 6.07) is 8.45. The summed E-state index contributed by atoms with van der Waals surface area (Å²) in [5, 5.41) is 10.9. The van der Waals surface area contributed by atoms with Crippen molar-refractivity contribution in [2.24, 2.45) is 0 Å². The fraction of sp³-hybridized carbons (Fsp3) is 0.385. The van der Waals surface area contributed by atoms with Crippen molar-refractivity contribution in [2.45, 2.75) is 26.8 Å². The van der Waals surface area contributed by atoms with E-state index in [0.717, 1.165) is 24.4 Å². The van der Waals surface area contributed by atoms with Gasteiger partial charge in [0.2, 0.25) is 0 Å². The minimum atomic E-state index is 0.710. The highest BCUT2D eigenvalue weighted by Crippen LogP contribution is 2.07. The fourth-order valence-electron chi connectivity index (χ4n) is 1.73. The van der Waals surface area contributed by atoms with E-state index in [1.54, 1.807) is 0 Å². The van der Waals surface area contributed by atoms with Crippen molar-refractivity contribution in [1.29, 1.82) is 0 Å². The summed E-state index contributed by atoms with van der Waals surface area (Å²) in [6.45, 7) is 5.67. The summed E-state index contributed by atoms with van der Waals surface area (Å²) in [4.78, 5) is 0. The summed E-state index contributed by atoms with van der Waals surface area (Å²) in [5.41, 5.74) is 4.46. The van der Waals surface area contributed by atoms with E-state index in [9.17, 15) is 0 Å². The van der Waals surface area contributed by atoms with Gasteiger partial charge in [0.1, 0.15) is 11.4 Å². The van der Waals surface area contributed by atoms with Crippen LogP contribution in [0.5, 0.6) is 0 Å². The lowest BCUT2D eigenvalue weighted by Gasteiger charge is -2.05. The van der Waals surface area contributed by atoms with Gasteiger partial charge in [-0.05, 0) is 37.9 Å². The standard InChI is InChI=1S/C13H17N3O/c1-10-5-3-4-6-12(10)7-8-14-9-13-11(2)15-17-16-13/h3-6,14H,7-9H2,1-2H3. The highest BCUT2D eigenvalue weighted by molar-refractivity contribution is 5.25. The van der Waals surface area contributed by atoms with E-state index in [-0.39, 0.29) is 0 Å². The Hall–Kier alpha value is -1.68. The normalized spacial score (nSPS) is 10.7. The van der Waals surface area contributed by atoms with E-state index in [4.69, 9.17) is 0 Å². The maximum absolute atomic E-state index is 4.64. The van der Waals surface area contributed by atoms with Crippen molar-refractivity contribution in [1.82, 2.24) is 15.6 Å². The topological polar surface area (TPSA) is 51.0 Å². The number of nitrogens with one attached hydrogen (secondary N) is 1. The first-order chi connectivity index (χ1) is 8.27. The Bertz CT molecular complexity index is 479. The number of hydrogen-bond donors (Lipinski definition) is 1. The molecule has 0 spiro atoms. The van der Waals surface area contributed by atoms with Gasteiger partial charge in [0, 0.05) is 6.54 Å². The number of hydrogen-bond acceptors (Lipinski definition) is 4. The Balaban J connectivity index is 1.77. The second-order valence-electron chi connectivity index (χ2n) is 4.15. The molecule has 0 aliphatic heterocycles. The second kappa shape index (κ2) is 5.59. The largest absolute Gasteiger partial charge is 0.311 e. The highest BCUT2D eigenvalue weighted by atomic mass is 16.6. The first-order valence-corrected chi connectivity index (χ1v) is 5.80. The van der Waals surface area contributed by atoms with Crippen molar-refractivity contribution < 1.29 is 4.63 Å². The molecular formula is C13H17N3O. The predicted octanol–water partition coefficient (Wildman–Crippen LogP) is 2.02. The van der Waals surface area contributed by atoms with Gasteiger partial charge >= 0.3 is 0 Å². The van der Waals surface area contributed by atoms with Crippen LogP contribution < -0.4 is 5.32 Å². The molecule has 2 rings (SSSR count). The summed E-state index contributed by atoms with van der Waals surface area (Å²) < 4.78 is 4.64. The Morgan fingerprint density at radius 2 is 2.00 bits per heavy atom. The summed E-state index contributed by atoms with van der Waals surface area (Å²) >= 11 is 0. The Labute approximate surface area is 101 Å². The van der Waals surface area contributed by atoms with Gasteiger partial charge in [-0.25, -0.2) is 4.63 Å². The number of aryl methyl sites for hydroxylation is 2. The Kier molecular flexibility index (Phi) is 3.88. The molecule has 1 aromatic heterocycles. The van der Waals surface area contributed by atoms with Gasteiger partial charge in [0.15, 0.2) is 0 Å². The van der Waals surface area contributed by atoms with Crippen LogP contribution in [0.15, 0.2) is 28.9 Å². The van der Waals surface area contributed by atoms with Crippen molar-refractivity contribution >= 4 is 0 Å². The molecule has 0 aliphatic rings. The number of benzene rings is 1. The van der Waals surface area contributed by atoms with Gasteiger partial charge < -0.3 is 5.32 Å². The van der Waals surface area contributed by atoms with Crippen LogP contribution in [0.2, 0.25) is 0 Å². The molecule has 0 fully saturated rings. The van der Waals surface area contributed by atoms with Crippen molar-refractivity contribution in [3.63, 3.8) is 0 Å². The minimum absolute atomic E-state index is 0.710. The molecule has 90 valence electrons. The molecule has 0 saturated heterocycles. The van der Waals surface area contributed by atoms with Crippen molar-refractivity contribution in [3.8, 4) is 0 Å². The number of aromatic nitrogens is 2. The van der Waals surface area contributed by atoms with E-state index < -0.39 is 0 Å². The molecule has 4 nitrogen and oxygen atoms in total. The summed E-state index contributed by atoms with van der Waals surface area (Å²) in [7, 11) is 0. The lowest BCUT2D eigenvalue weighted by Crippen LogP contribution is -2.17. The first kappa shape index (κ1) is 11.8. The monoisotopic (exact) mass is 231 g/mol. The van der Waals surface area contributed by atoms with E-state index >= 15 is 0 Å². The van der Waals surface area contributed by atoms with Crippen LogP contribution in [-0.2, 0) is 13.0 Å². The molecule has 0 radical (unpaired) electrons. The minimum Gasteiger partial charge on any atom is -0.311 e. The smallest absolute Gasteiger partial charge is 0.121 e. The van der Waals surface area contributed by atoms with E-state index in [1.807, 2.05) is 6.92 Å². The van der Waals surface area contributed by atoms with Gasteiger partial charge in [-0.2, -0.15) is 0 Å². The Morgan fingerprint density at radius 1 is 1.18 bits per heavy atom. The van der Waals surface area contributed by atoms with Crippen molar-refractivity contribution in [2.75, 3.05) is 6.54 Å². The molecule has 2 aromatic rings. The van der Waals surface area contributed by atoms with Crippen molar-refractivity contribution in [3.05, 3.63) is 46.8 Å². The number of nitrogens with zero attached hydrogens (tertiary/aromatic N) is 2. The van der Waals surface area contributed by atoms with E-state index in [2.05, 4.69) is 51.4 Å². The van der Waals surface area contributed by atoms with Crippen LogP contribution in [0.25, 0.3) is 0 Å². The first-order valence-electron chi connectivity index (χ1n) is 5.80. The lowest BCUT2D eigenvalue weighted by molar-refractivity contribution is 0.300. The average Bonchev–Trinajstić information content (AvgIpc) is 2.73. The zero-order valence-corrected chi connectivity index (χ0v) is 10.2. The summed E-state index contributed by atoms with van der Waals surface area (Å²) in [5.74, 6) is 0. The number of rotatable bonds is 5. The third kappa shape index (κ3) is 3.14. The molecule has 17 heavy (non-hydrogen) atoms. The fourth-order valence-corrected chi connectivity index (χ4v) is 1.73. The van der Waals surface area contributed by atoms with Crippen LogP contribution in [0.4, 0.5) is 0 Å². The molecule has 1 N–H and O–H groups in total. The Morgan fingerprint density at radius 3 is 2.71 bits per heavy atom. The average molecular weight is 231 g/mol. The van der Waals surface area contributed by atoms with Gasteiger partial charge in [0.25, 0.3) is 0 Å². The molecule has 0 amide bonds. The molecule has 0 aliphatic carbocycles. The van der Waals surface area contributed by atoms with Crippen LogP contribution in [0.3, 0.4) is 0 Å². The third-order valence-corrected chi connectivity index (χ3v) is 2.87. The molecule has 1 aromatic carbocycles. The van der Waals surface area contributed by atoms with Gasteiger partial charge in [-0.15, -0.1) is 0 Å². The second-order valence-corrected chi connectivity index (χ2v) is 4.15. The van der Waals surface area contributed by atoms with Crippen LogP contribution in [0, 0.1) is 13.8 Å². The van der Waals surface area contributed by atoms with Gasteiger partial charge in [0.05, 0.1) is 0 Å². The summed E-state index contributed by atoms with van der Waals surface area (Å²) in [6.07, 6.45) is 1.02. The van der Waals surface area contributed by atoms with Crippen LogP contribution in [-0.4, -0.2) is 16.9 Å². The predicted molar refractivity (Wildman–Crippen MR) is 65.6 cm³/mol. The molecule has 1 heterocycles. The quantitative estimate of drug-likeness (QED) is 0.800. The van der Waals surface area contributed by atoms with E-state index in [1.165, 1.54) is 11.1 Å². The SMILES string of the molecule is Cc1ccccc1CCNCc1nonc1C.